The number of pyridine rings is 1. The summed E-state index contributed by atoms with van der Waals surface area (Å²) in [6, 6.07) is 2.12. The van der Waals surface area contributed by atoms with E-state index in [-0.39, 0.29) is 0 Å². The van der Waals surface area contributed by atoms with Crippen LogP contribution in [0.5, 0.6) is 0 Å². The second-order valence-electron chi connectivity index (χ2n) is 3.81. The summed E-state index contributed by atoms with van der Waals surface area (Å²) in [5.74, 6) is 0. The lowest BCUT2D eigenvalue weighted by Gasteiger charge is -2.28. The van der Waals surface area contributed by atoms with Gasteiger partial charge in [-0.2, -0.15) is 0 Å². The molecule has 0 saturated carbocycles. The van der Waals surface area contributed by atoms with Gasteiger partial charge in [-0.15, -0.1) is 0 Å². The average molecular weight is 187 g/mol. The third-order valence-corrected chi connectivity index (χ3v) is 3.00. The van der Waals surface area contributed by atoms with E-state index in [0.29, 0.717) is 0 Å². The lowest BCUT2D eigenvalue weighted by Crippen LogP contribution is -2.37. The molecule has 0 saturated heterocycles. The van der Waals surface area contributed by atoms with Gasteiger partial charge in [-0.05, 0) is 36.5 Å². The fraction of sp³-hybridized carbons (Fsp3) is 0.364. The Hall–Kier alpha value is -1.35. The monoisotopic (exact) mass is 187 g/mol. The number of hydrogen-bond acceptors (Lipinski definition) is 3. The minimum Gasteiger partial charge on any atom is -0.321 e. The number of hydrogen-bond donors (Lipinski definition) is 2. The Labute approximate surface area is 83.2 Å². The van der Waals surface area contributed by atoms with Gasteiger partial charge in [0.15, 0.2) is 0 Å². The Bertz CT molecular complexity index is 395. The lowest BCUT2D eigenvalue weighted by atomic mass is 9.89. The van der Waals surface area contributed by atoms with Gasteiger partial charge in [-0.3, -0.25) is 4.98 Å². The summed E-state index contributed by atoms with van der Waals surface area (Å²) in [6.07, 6.45) is 7.36. The van der Waals surface area contributed by atoms with Crippen LogP contribution in [0.4, 0.5) is 0 Å². The van der Waals surface area contributed by atoms with Gasteiger partial charge in [-0.25, -0.2) is 5.43 Å². The van der Waals surface area contributed by atoms with Crippen LogP contribution in [0.3, 0.4) is 0 Å². The smallest absolute Gasteiger partial charge is 0.0570 e. The summed E-state index contributed by atoms with van der Waals surface area (Å²) in [6.45, 7) is 1.04. The van der Waals surface area contributed by atoms with Gasteiger partial charge in [-0.1, -0.05) is 0 Å². The third kappa shape index (κ3) is 1.13. The third-order valence-electron chi connectivity index (χ3n) is 3.00. The van der Waals surface area contributed by atoms with Crippen LogP contribution in [0.2, 0.25) is 0 Å². The Morgan fingerprint density at radius 3 is 3.21 bits per heavy atom. The van der Waals surface area contributed by atoms with E-state index in [1.165, 1.54) is 29.7 Å². The Morgan fingerprint density at radius 1 is 1.21 bits per heavy atom. The molecule has 0 atom stereocenters. The number of rotatable bonds is 0. The summed E-state index contributed by atoms with van der Waals surface area (Å²) in [5.41, 5.74) is 12.0. The Balaban J connectivity index is 2.13. The molecule has 0 fully saturated rings. The van der Waals surface area contributed by atoms with Crippen molar-refractivity contribution < 1.29 is 0 Å². The molecule has 3 nitrogen and oxygen atoms in total. The van der Waals surface area contributed by atoms with Crippen molar-refractivity contribution in [2.24, 2.45) is 0 Å². The van der Waals surface area contributed by atoms with Crippen LogP contribution in [0.1, 0.15) is 24.0 Å². The summed E-state index contributed by atoms with van der Waals surface area (Å²) >= 11 is 0. The molecule has 0 aromatic carbocycles. The number of aromatic nitrogens is 1. The van der Waals surface area contributed by atoms with Gasteiger partial charge in [0.1, 0.15) is 0 Å². The van der Waals surface area contributed by atoms with E-state index in [4.69, 9.17) is 0 Å². The maximum absolute atomic E-state index is 4.19. The molecule has 14 heavy (non-hydrogen) atoms. The lowest BCUT2D eigenvalue weighted by molar-refractivity contribution is 0.584. The van der Waals surface area contributed by atoms with Crippen molar-refractivity contribution in [1.29, 1.82) is 0 Å². The van der Waals surface area contributed by atoms with Gasteiger partial charge in [0.25, 0.3) is 0 Å². The molecule has 0 radical (unpaired) electrons. The molecule has 2 N–H and O–H groups in total. The number of hydrazine groups is 1. The molecule has 1 aromatic rings. The normalized spacial score (nSPS) is 19.7. The van der Waals surface area contributed by atoms with Gasteiger partial charge in [0.2, 0.25) is 0 Å². The topological polar surface area (TPSA) is 37.0 Å². The molecular formula is C11H13N3. The highest BCUT2D eigenvalue weighted by molar-refractivity contribution is 5.71. The molecule has 1 aliphatic heterocycles. The standard InChI is InChI=1S/C11H13N3/c1-2-9-4-6-13-14-11(9)10-7-12-5-3-8(1)10/h3,5,7,13-14H,1-2,4,6H2. The molecule has 1 aromatic heterocycles. The quantitative estimate of drug-likeness (QED) is 0.641. The predicted molar refractivity (Wildman–Crippen MR) is 55.2 cm³/mol. The number of nitrogens with one attached hydrogen (secondary N) is 2. The van der Waals surface area contributed by atoms with Crippen molar-refractivity contribution in [2.45, 2.75) is 19.3 Å². The molecule has 2 heterocycles. The summed E-state index contributed by atoms with van der Waals surface area (Å²) < 4.78 is 0. The van der Waals surface area contributed by atoms with Crippen molar-refractivity contribution in [1.82, 2.24) is 15.8 Å². The SMILES string of the molecule is c1cc2c(cn1)C1=C(CCNN1)CC2. The number of fused-ring (bicyclic) bond motifs is 2. The largest absolute Gasteiger partial charge is 0.321 e. The van der Waals surface area contributed by atoms with Crippen LogP contribution in [0.15, 0.2) is 24.0 Å². The van der Waals surface area contributed by atoms with Crippen molar-refractivity contribution >= 4 is 5.70 Å². The second-order valence-corrected chi connectivity index (χ2v) is 3.81. The minimum absolute atomic E-state index is 1.04. The highest BCUT2D eigenvalue weighted by Gasteiger charge is 2.20. The average Bonchev–Trinajstić information content (AvgIpc) is 2.29. The predicted octanol–water partition coefficient (Wildman–Crippen LogP) is 1.24. The van der Waals surface area contributed by atoms with Gasteiger partial charge in [0, 0.05) is 24.5 Å². The molecule has 3 rings (SSSR count). The molecule has 0 amide bonds. The van der Waals surface area contributed by atoms with E-state index in [0.717, 1.165) is 13.0 Å². The fourth-order valence-corrected chi connectivity index (χ4v) is 2.24. The van der Waals surface area contributed by atoms with Crippen molar-refractivity contribution in [3.63, 3.8) is 0 Å². The molecule has 1 aliphatic carbocycles. The Kier molecular flexibility index (Phi) is 1.77. The van der Waals surface area contributed by atoms with E-state index in [1.807, 2.05) is 12.4 Å². The first-order valence-corrected chi connectivity index (χ1v) is 5.09. The van der Waals surface area contributed by atoms with Gasteiger partial charge >= 0.3 is 0 Å². The van der Waals surface area contributed by atoms with E-state index >= 15 is 0 Å². The van der Waals surface area contributed by atoms with Crippen LogP contribution in [0.25, 0.3) is 5.70 Å². The molecule has 0 bridgehead atoms. The molecule has 3 heteroatoms. The maximum atomic E-state index is 4.19. The van der Waals surface area contributed by atoms with Crippen molar-refractivity contribution in [2.75, 3.05) is 6.54 Å². The minimum atomic E-state index is 1.04. The number of aryl methyl sites for hydroxylation is 1. The molecule has 72 valence electrons. The van der Waals surface area contributed by atoms with Crippen LogP contribution in [-0.4, -0.2) is 11.5 Å². The van der Waals surface area contributed by atoms with E-state index in [9.17, 15) is 0 Å². The molecule has 0 spiro atoms. The van der Waals surface area contributed by atoms with Gasteiger partial charge in [0.05, 0.1) is 5.70 Å². The van der Waals surface area contributed by atoms with E-state index in [1.54, 1.807) is 5.57 Å². The van der Waals surface area contributed by atoms with E-state index < -0.39 is 0 Å². The fourth-order valence-electron chi connectivity index (χ4n) is 2.24. The second kappa shape index (κ2) is 3.10. The van der Waals surface area contributed by atoms with Crippen LogP contribution >= 0.6 is 0 Å². The first-order valence-electron chi connectivity index (χ1n) is 5.09. The zero-order valence-corrected chi connectivity index (χ0v) is 8.01. The van der Waals surface area contributed by atoms with Crippen LogP contribution in [-0.2, 0) is 6.42 Å². The summed E-state index contributed by atoms with van der Waals surface area (Å²) in [4.78, 5) is 4.19. The highest BCUT2D eigenvalue weighted by atomic mass is 15.4. The van der Waals surface area contributed by atoms with Crippen molar-refractivity contribution in [3.05, 3.63) is 35.2 Å². The summed E-state index contributed by atoms with van der Waals surface area (Å²) in [7, 11) is 0. The number of nitrogens with zero attached hydrogens (tertiary/aromatic N) is 1. The first kappa shape index (κ1) is 8.00. The van der Waals surface area contributed by atoms with Crippen LogP contribution < -0.4 is 10.9 Å². The van der Waals surface area contributed by atoms with Gasteiger partial charge < -0.3 is 5.43 Å². The molecular weight excluding hydrogens is 174 g/mol. The zero-order chi connectivity index (χ0) is 9.38. The zero-order valence-electron chi connectivity index (χ0n) is 8.01. The first-order chi connectivity index (χ1) is 6.95. The molecule has 2 aliphatic rings. The van der Waals surface area contributed by atoms with Crippen molar-refractivity contribution in [3.8, 4) is 0 Å². The maximum Gasteiger partial charge on any atom is 0.0570 e. The molecule has 0 unspecified atom stereocenters. The highest BCUT2D eigenvalue weighted by Crippen LogP contribution is 2.31. The Morgan fingerprint density at radius 2 is 2.21 bits per heavy atom. The van der Waals surface area contributed by atoms with Crippen LogP contribution in [0, 0.1) is 0 Å². The summed E-state index contributed by atoms with van der Waals surface area (Å²) in [5, 5.41) is 0. The van der Waals surface area contributed by atoms with E-state index in [2.05, 4.69) is 21.9 Å².